The molecule has 0 bridgehead atoms. The topological polar surface area (TPSA) is 17.1 Å². The van der Waals surface area contributed by atoms with Gasteiger partial charge in [0.15, 0.2) is 0 Å². The summed E-state index contributed by atoms with van der Waals surface area (Å²) in [6.45, 7) is 5.70. The van der Waals surface area contributed by atoms with Crippen molar-refractivity contribution in [2.75, 3.05) is 0 Å². The minimum atomic E-state index is 0. The van der Waals surface area contributed by atoms with Crippen LogP contribution in [0.5, 0.6) is 0 Å². The van der Waals surface area contributed by atoms with Crippen LogP contribution in [0.3, 0.4) is 0 Å². The monoisotopic (exact) mass is 209 g/mol. The third-order valence-electron chi connectivity index (χ3n) is 2.01. The number of ketones is 1. The average Bonchev–Trinajstić information content (AvgIpc) is 2.10. The van der Waals surface area contributed by atoms with E-state index in [1.165, 1.54) is 0 Å². The van der Waals surface area contributed by atoms with Crippen molar-refractivity contribution in [2.45, 2.75) is 46.5 Å². The van der Waals surface area contributed by atoms with Crippen molar-refractivity contribution in [2.24, 2.45) is 5.92 Å². The van der Waals surface area contributed by atoms with Gasteiger partial charge in [-0.25, -0.2) is 0 Å². The van der Waals surface area contributed by atoms with Gasteiger partial charge in [-0.2, -0.15) is 12.8 Å². The van der Waals surface area contributed by atoms with Crippen LogP contribution >= 0.6 is 0 Å². The molecule has 0 atom stereocenters. The Hall–Kier alpha value is 1.31. The number of carbonyl (C=O) groups is 1. The Kier molecular flexibility index (Phi) is 20.3. The van der Waals surface area contributed by atoms with Gasteiger partial charge in [-0.3, -0.25) is 4.79 Å². The summed E-state index contributed by atoms with van der Waals surface area (Å²) in [6.07, 6.45) is 6.75. The molecule has 74 valence electrons. The number of hydrogen-bond acceptors (Lipinski definition) is 1. The molecule has 0 saturated heterocycles. The van der Waals surface area contributed by atoms with E-state index >= 15 is 0 Å². The van der Waals surface area contributed by atoms with Crippen molar-refractivity contribution in [3.63, 3.8) is 0 Å². The molecule has 0 radical (unpaired) electrons. The van der Waals surface area contributed by atoms with E-state index < -0.39 is 0 Å². The summed E-state index contributed by atoms with van der Waals surface area (Å²) < 4.78 is 0. The van der Waals surface area contributed by atoms with Crippen LogP contribution in [0.2, 0.25) is 0 Å². The first-order chi connectivity index (χ1) is 5.30. The van der Waals surface area contributed by atoms with E-state index in [4.69, 9.17) is 0 Å². The first-order valence-corrected chi connectivity index (χ1v) is 4.63. The molecule has 0 spiro atoms. The average molecular weight is 209 g/mol. The van der Waals surface area contributed by atoms with Gasteiger partial charge in [0.25, 0.3) is 0 Å². The predicted octanol–water partition coefficient (Wildman–Crippen LogP) is 0.450. The quantitative estimate of drug-likeness (QED) is 0.453. The van der Waals surface area contributed by atoms with Crippen LogP contribution in [-0.2, 0) is 4.79 Å². The van der Waals surface area contributed by atoms with Crippen LogP contribution in [0.15, 0.2) is 0 Å². The molecule has 0 unspecified atom stereocenters. The minimum Gasteiger partial charge on any atom is -0.358 e. The minimum absolute atomic E-state index is 0. The molecule has 1 aliphatic rings. The number of carbonyl (C=O) groups excluding carboxylic acids is 1. The van der Waals surface area contributed by atoms with Gasteiger partial charge in [-0.1, -0.05) is 26.7 Å². The molecule has 1 rings (SSSR count). The predicted molar refractivity (Wildman–Crippen MR) is 54.7 cm³/mol. The molecule has 0 aromatic carbocycles. The zero-order valence-corrected chi connectivity index (χ0v) is 13.0. The molecule has 0 N–H and O–H groups in total. The van der Waals surface area contributed by atoms with Gasteiger partial charge in [-0.15, -0.1) is 0 Å². The Morgan fingerprint density at radius 2 is 1.62 bits per heavy atom. The maximum atomic E-state index is 10.8. The van der Waals surface area contributed by atoms with Crippen LogP contribution in [0, 0.1) is 19.8 Å². The third-order valence-corrected chi connectivity index (χ3v) is 2.01. The van der Waals surface area contributed by atoms with E-state index in [0.29, 0.717) is 11.7 Å². The van der Waals surface area contributed by atoms with Gasteiger partial charge < -0.3 is 13.8 Å². The fraction of sp³-hybridized carbons (Fsp3) is 0.727. The Morgan fingerprint density at radius 1 is 1.23 bits per heavy atom. The summed E-state index contributed by atoms with van der Waals surface area (Å²) >= 11 is 0. The molecular weight excluding hydrogens is 187 g/mol. The maximum absolute atomic E-state index is 10.8. The second kappa shape index (κ2) is 13.3. The van der Waals surface area contributed by atoms with E-state index in [2.05, 4.69) is 6.42 Å². The van der Waals surface area contributed by atoms with Gasteiger partial charge in [0, 0.05) is 5.92 Å². The van der Waals surface area contributed by atoms with E-state index in [-0.39, 0.29) is 58.8 Å². The van der Waals surface area contributed by atoms with Crippen LogP contribution in [0.4, 0.5) is 0 Å². The molecule has 1 saturated carbocycles. The molecule has 0 aliphatic heterocycles. The number of rotatable bonds is 1. The number of hydrogen-bond donors (Lipinski definition) is 0. The second-order valence-electron chi connectivity index (χ2n) is 2.75. The Morgan fingerprint density at radius 3 is 1.85 bits per heavy atom. The van der Waals surface area contributed by atoms with E-state index in [0.717, 1.165) is 25.7 Å². The Labute approximate surface area is 126 Å². The molecular formula is C11H22KO-. The summed E-state index contributed by atoms with van der Waals surface area (Å²) in [5.41, 5.74) is 0. The van der Waals surface area contributed by atoms with Gasteiger partial charge in [0.05, 0.1) is 0 Å². The van der Waals surface area contributed by atoms with Gasteiger partial charge >= 0.3 is 51.4 Å². The summed E-state index contributed by atoms with van der Waals surface area (Å²) in [4.78, 5) is 10.8. The number of Topliss-reactive ketones (excluding diaryl/α,β-unsaturated/α-hetero) is 1. The summed E-state index contributed by atoms with van der Waals surface area (Å²) in [6, 6.07) is 0. The van der Waals surface area contributed by atoms with Crippen molar-refractivity contribution in [3.8, 4) is 0 Å². The largest absolute Gasteiger partial charge is 1.00 e. The molecule has 1 aliphatic carbocycles. The van der Waals surface area contributed by atoms with E-state index in [9.17, 15) is 4.79 Å². The standard InChI is InChI=1S/C8H13O.C2H6.CH3.K/c1-7(9)8-5-3-2-4-6-8;1-2;;/h2,8H,3-6H2,1H3;1-2H3;1H3;/q-1;;-1;+1. The molecule has 0 amide bonds. The summed E-state index contributed by atoms with van der Waals surface area (Å²) in [5.74, 6) is 0.762. The fourth-order valence-electron chi connectivity index (χ4n) is 1.33. The van der Waals surface area contributed by atoms with Crippen LogP contribution in [0.1, 0.15) is 46.5 Å². The van der Waals surface area contributed by atoms with Crippen LogP contribution in [0.25, 0.3) is 0 Å². The van der Waals surface area contributed by atoms with E-state index in [1.54, 1.807) is 6.92 Å². The molecule has 2 heteroatoms. The van der Waals surface area contributed by atoms with Crippen molar-refractivity contribution < 1.29 is 56.2 Å². The molecule has 0 aromatic heterocycles. The zero-order chi connectivity index (χ0) is 8.69. The summed E-state index contributed by atoms with van der Waals surface area (Å²) in [7, 11) is 0. The first kappa shape index (κ1) is 19.8. The van der Waals surface area contributed by atoms with Gasteiger partial charge in [0.2, 0.25) is 0 Å². The van der Waals surface area contributed by atoms with Crippen molar-refractivity contribution >= 4 is 5.78 Å². The smallest absolute Gasteiger partial charge is 0.358 e. The molecule has 0 heterocycles. The third kappa shape index (κ3) is 9.61. The van der Waals surface area contributed by atoms with Crippen LogP contribution < -0.4 is 51.4 Å². The SMILES string of the molecule is CC.CC(=O)C1CC[CH-]CC1.[CH3-].[K+]. The molecule has 0 aromatic rings. The summed E-state index contributed by atoms with van der Waals surface area (Å²) in [5, 5.41) is 0. The van der Waals surface area contributed by atoms with Crippen molar-refractivity contribution in [1.29, 1.82) is 0 Å². The van der Waals surface area contributed by atoms with Crippen LogP contribution in [-0.4, -0.2) is 5.78 Å². The van der Waals surface area contributed by atoms with Gasteiger partial charge in [-0.05, 0) is 6.92 Å². The Balaban J connectivity index is -0.000000234. The first-order valence-electron chi connectivity index (χ1n) is 4.63. The van der Waals surface area contributed by atoms with Crippen molar-refractivity contribution in [1.82, 2.24) is 0 Å². The molecule has 1 fully saturated rings. The molecule has 13 heavy (non-hydrogen) atoms. The molecule has 1 nitrogen and oxygen atoms in total. The Bertz CT molecular complexity index is 107. The normalized spacial score (nSPS) is 15.6. The van der Waals surface area contributed by atoms with Gasteiger partial charge in [0.1, 0.15) is 5.78 Å². The fourth-order valence-corrected chi connectivity index (χ4v) is 1.33. The zero-order valence-electron chi connectivity index (χ0n) is 9.89. The van der Waals surface area contributed by atoms with Crippen molar-refractivity contribution in [3.05, 3.63) is 13.8 Å². The van der Waals surface area contributed by atoms with E-state index in [1.807, 2.05) is 13.8 Å². The second-order valence-corrected chi connectivity index (χ2v) is 2.75. The maximum Gasteiger partial charge on any atom is 1.00 e.